The molecule has 1 aliphatic heterocycles. The number of nitrogens with zero attached hydrogens (tertiary/aromatic N) is 2. The Morgan fingerprint density at radius 2 is 1.67 bits per heavy atom. The fourth-order valence-electron chi connectivity index (χ4n) is 1.70. The second kappa shape index (κ2) is 7.17. The van der Waals surface area contributed by atoms with Gasteiger partial charge in [0, 0.05) is 51.9 Å². The minimum Gasteiger partial charge on any atom is -0.314 e. The van der Waals surface area contributed by atoms with E-state index < -0.39 is 0 Å². The van der Waals surface area contributed by atoms with Gasteiger partial charge >= 0.3 is 0 Å². The molecule has 90 valence electrons. The monoisotopic (exact) mass is 214 g/mol. The molecular weight excluding hydrogens is 188 g/mol. The van der Waals surface area contributed by atoms with E-state index >= 15 is 0 Å². The van der Waals surface area contributed by atoms with Gasteiger partial charge in [0.05, 0.1) is 0 Å². The molecule has 1 fully saturated rings. The molecule has 1 unspecified atom stereocenters. The number of rotatable bonds is 0. The van der Waals surface area contributed by atoms with Crippen molar-refractivity contribution in [1.82, 2.24) is 20.4 Å². The Morgan fingerprint density at radius 1 is 0.933 bits per heavy atom. The molecule has 15 heavy (non-hydrogen) atoms. The first-order valence-electron chi connectivity index (χ1n) is 6.00. The maximum absolute atomic E-state index is 3.48. The third kappa shape index (κ3) is 5.47. The standard InChI is InChI=1S/C11H26N4/c1-11-10-13-5-4-12-6-7-14(2)8-9-15(11)3/h11-13H,4-10H2,1-3H3. The molecule has 4 nitrogen and oxygen atoms in total. The summed E-state index contributed by atoms with van der Waals surface area (Å²) < 4.78 is 0. The van der Waals surface area contributed by atoms with Gasteiger partial charge in [-0.25, -0.2) is 0 Å². The van der Waals surface area contributed by atoms with Gasteiger partial charge in [0.25, 0.3) is 0 Å². The highest BCUT2D eigenvalue weighted by Crippen LogP contribution is 1.95. The fraction of sp³-hybridized carbons (Fsp3) is 1.00. The van der Waals surface area contributed by atoms with Crippen LogP contribution >= 0.6 is 0 Å². The Balaban J connectivity index is 2.33. The zero-order chi connectivity index (χ0) is 11.1. The normalized spacial score (nSPS) is 29.4. The molecule has 1 saturated heterocycles. The minimum absolute atomic E-state index is 0.623. The van der Waals surface area contributed by atoms with Crippen molar-refractivity contribution in [3.63, 3.8) is 0 Å². The van der Waals surface area contributed by atoms with Crippen molar-refractivity contribution in [2.45, 2.75) is 13.0 Å². The lowest BCUT2D eigenvalue weighted by Gasteiger charge is -2.28. The lowest BCUT2D eigenvalue weighted by atomic mass is 10.3. The third-order valence-corrected chi connectivity index (χ3v) is 3.18. The summed E-state index contributed by atoms with van der Waals surface area (Å²) in [6.45, 7) is 10.1. The first-order chi connectivity index (χ1) is 7.20. The largest absolute Gasteiger partial charge is 0.314 e. The maximum Gasteiger partial charge on any atom is 0.0189 e. The van der Waals surface area contributed by atoms with Crippen LogP contribution in [0.4, 0.5) is 0 Å². The molecule has 0 spiro atoms. The van der Waals surface area contributed by atoms with E-state index in [0.29, 0.717) is 6.04 Å². The van der Waals surface area contributed by atoms with E-state index in [2.05, 4.69) is 41.5 Å². The van der Waals surface area contributed by atoms with Gasteiger partial charge < -0.3 is 20.4 Å². The molecular formula is C11H26N4. The Kier molecular flexibility index (Phi) is 6.17. The summed E-state index contributed by atoms with van der Waals surface area (Å²) in [5.41, 5.74) is 0. The summed E-state index contributed by atoms with van der Waals surface area (Å²) >= 11 is 0. The minimum atomic E-state index is 0.623. The summed E-state index contributed by atoms with van der Waals surface area (Å²) in [6.07, 6.45) is 0. The molecule has 1 atom stereocenters. The van der Waals surface area contributed by atoms with E-state index in [1.165, 1.54) is 0 Å². The van der Waals surface area contributed by atoms with Crippen molar-refractivity contribution in [3.05, 3.63) is 0 Å². The van der Waals surface area contributed by atoms with Crippen molar-refractivity contribution < 1.29 is 0 Å². The Hall–Kier alpha value is -0.160. The average Bonchev–Trinajstić information content (AvgIpc) is 2.22. The molecule has 0 aromatic carbocycles. The lowest BCUT2D eigenvalue weighted by Crippen LogP contribution is -2.45. The van der Waals surface area contributed by atoms with Crippen LogP contribution in [0.3, 0.4) is 0 Å². The maximum atomic E-state index is 3.48. The molecule has 0 aromatic rings. The molecule has 0 radical (unpaired) electrons. The quantitative estimate of drug-likeness (QED) is 0.565. The summed E-state index contributed by atoms with van der Waals surface area (Å²) in [5, 5.41) is 6.92. The fourth-order valence-corrected chi connectivity index (χ4v) is 1.70. The summed E-state index contributed by atoms with van der Waals surface area (Å²) in [4.78, 5) is 4.82. The molecule has 1 rings (SSSR count). The molecule has 2 N–H and O–H groups in total. The smallest absolute Gasteiger partial charge is 0.0189 e. The van der Waals surface area contributed by atoms with Crippen molar-refractivity contribution in [2.24, 2.45) is 0 Å². The molecule has 0 aromatic heterocycles. The van der Waals surface area contributed by atoms with Crippen LogP contribution < -0.4 is 10.6 Å². The third-order valence-electron chi connectivity index (χ3n) is 3.18. The van der Waals surface area contributed by atoms with Crippen molar-refractivity contribution in [2.75, 3.05) is 59.9 Å². The molecule has 1 heterocycles. The van der Waals surface area contributed by atoms with E-state index in [-0.39, 0.29) is 0 Å². The second-order valence-electron chi connectivity index (χ2n) is 4.59. The van der Waals surface area contributed by atoms with E-state index in [9.17, 15) is 0 Å². The molecule has 1 aliphatic rings. The predicted molar refractivity (Wildman–Crippen MR) is 65.3 cm³/mol. The highest BCUT2D eigenvalue weighted by molar-refractivity contribution is 4.69. The molecule has 0 amide bonds. The van der Waals surface area contributed by atoms with Gasteiger partial charge in [0.15, 0.2) is 0 Å². The van der Waals surface area contributed by atoms with Gasteiger partial charge in [0.2, 0.25) is 0 Å². The number of likely N-dealkylation sites (N-methyl/N-ethyl adjacent to an activating group) is 2. The summed E-state index contributed by atoms with van der Waals surface area (Å²) in [6, 6.07) is 0.623. The highest BCUT2D eigenvalue weighted by Gasteiger charge is 2.09. The summed E-state index contributed by atoms with van der Waals surface area (Å²) in [7, 11) is 4.41. The Bertz CT molecular complexity index is 163. The Morgan fingerprint density at radius 3 is 2.47 bits per heavy atom. The van der Waals surface area contributed by atoms with Gasteiger partial charge in [-0.05, 0) is 21.0 Å². The van der Waals surface area contributed by atoms with Gasteiger partial charge in [-0.2, -0.15) is 0 Å². The van der Waals surface area contributed by atoms with Crippen LogP contribution in [0.2, 0.25) is 0 Å². The average molecular weight is 214 g/mol. The summed E-state index contributed by atoms with van der Waals surface area (Å²) in [5.74, 6) is 0. The van der Waals surface area contributed by atoms with E-state index in [1.807, 2.05) is 0 Å². The van der Waals surface area contributed by atoms with Crippen LogP contribution in [0.5, 0.6) is 0 Å². The highest BCUT2D eigenvalue weighted by atomic mass is 15.2. The van der Waals surface area contributed by atoms with Gasteiger partial charge in [-0.15, -0.1) is 0 Å². The van der Waals surface area contributed by atoms with E-state index in [1.54, 1.807) is 0 Å². The van der Waals surface area contributed by atoms with Crippen molar-refractivity contribution in [1.29, 1.82) is 0 Å². The molecule has 4 heteroatoms. The van der Waals surface area contributed by atoms with Crippen molar-refractivity contribution in [3.8, 4) is 0 Å². The van der Waals surface area contributed by atoms with Crippen LogP contribution in [0.1, 0.15) is 6.92 Å². The van der Waals surface area contributed by atoms with Crippen LogP contribution in [0.15, 0.2) is 0 Å². The number of hydrogen-bond acceptors (Lipinski definition) is 4. The van der Waals surface area contributed by atoms with Crippen molar-refractivity contribution >= 4 is 0 Å². The molecule has 0 aliphatic carbocycles. The second-order valence-corrected chi connectivity index (χ2v) is 4.59. The topological polar surface area (TPSA) is 30.5 Å². The molecule has 0 bridgehead atoms. The number of hydrogen-bond donors (Lipinski definition) is 2. The van der Waals surface area contributed by atoms with Gasteiger partial charge in [0.1, 0.15) is 0 Å². The Labute approximate surface area is 94.0 Å². The van der Waals surface area contributed by atoms with Crippen LogP contribution in [0, 0.1) is 0 Å². The zero-order valence-corrected chi connectivity index (χ0v) is 10.4. The SMILES string of the molecule is CC1CNCCNCCN(C)CCN1C. The first kappa shape index (κ1) is 12.9. The lowest BCUT2D eigenvalue weighted by molar-refractivity contribution is 0.208. The molecule has 0 saturated carbocycles. The predicted octanol–water partition coefficient (Wildman–Crippen LogP) is -0.569. The van der Waals surface area contributed by atoms with Gasteiger partial charge in [-0.3, -0.25) is 0 Å². The van der Waals surface area contributed by atoms with Crippen LogP contribution in [-0.2, 0) is 0 Å². The van der Waals surface area contributed by atoms with E-state index in [4.69, 9.17) is 0 Å². The van der Waals surface area contributed by atoms with Crippen LogP contribution in [0.25, 0.3) is 0 Å². The number of nitrogens with one attached hydrogen (secondary N) is 2. The van der Waals surface area contributed by atoms with Gasteiger partial charge in [-0.1, -0.05) is 0 Å². The first-order valence-corrected chi connectivity index (χ1v) is 6.00. The van der Waals surface area contributed by atoms with Crippen LogP contribution in [-0.4, -0.2) is 75.8 Å². The zero-order valence-electron chi connectivity index (χ0n) is 10.4. The van der Waals surface area contributed by atoms with E-state index in [0.717, 1.165) is 45.8 Å².